The lowest BCUT2D eigenvalue weighted by Crippen LogP contribution is -2.19. The number of amides is 3. The predicted octanol–water partition coefficient (Wildman–Crippen LogP) is 3.75. The first-order valence-corrected chi connectivity index (χ1v) is 8.83. The summed E-state index contributed by atoms with van der Waals surface area (Å²) in [6.45, 7) is 0. The maximum Gasteiger partial charge on any atom is 0.323 e. The highest BCUT2D eigenvalue weighted by Crippen LogP contribution is 2.17. The maximum atomic E-state index is 12.4. The van der Waals surface area contributed by atoms with E-state index in [1.165, 1.54) is 0 Å². The summed E-state index contributed by atoms with van der Waals surface area (Å²) in [5.41, 5.74) is 3.20. The molecule has 0 atom stereocenters. The largest absolute Gasteiger partial charge is 0.323 e. The topological polar surface area (TPSA) is 119 Å². The van der Waals surface area contributed by atoms with Gasteiger partial charge in [-0.1, -0.05) is 18.2 Å². The van der Waals surface area contributed by atoms with Crippen molar-refractivity contribution < 1.29 is 9.59 Å². The predicted molar refractivity (Wildman–Crippen MR) is 112 cm³/mol. The Labute approximate surface area is 165 Å². The number of nitrogens with one attached hydrogen (secondary N) is 5. The van der Waals surface area contributed by atoms with Gasteiger partial charge in [0, 0.05) is 22.6 Å². The highest BCUT2D eigenvalue weighted by atomic mass is 16.2. The molecule has 1 aromatic heterocycles. The van der Waals surface area contributed by atoms with Crippen LogP contribution < -0.4 is 21.6 Å². The second-order valence-electron chi connectivity index (χ2n) is 6.32. The Kier molecular flexibility index (Phi) is 4.81. The molecular formula is C21H17N5O3. The van der Waals surface area contributed by atoms with E-state index in [0.29, 0.717) is 33.7 Å². The zero-order valence-electron chi connectivity index (χ0n) is 15.2. The van der Waals surface area contributed by atoms with Crippen molar-refractivity contribution in [3.05, 3.63) is 88.8 Å². The molecule has 8 nitrogen and oxygen atoms in total. The third kappa shape index (κ3) is 4.33. The Morgan fingerprint density at radius 2 is 1.28 bits per heavy atom. The van der Waals surface area contributed by atoms with Gasteiger partial charge in [0.15, 0.2) is 0 Å². The number of carbonyl (C=O) groups excluding carboxylic acids is 2. The number of aromatic amines is 2. The van der Waals surface area contributed by atoms with Crippen molar-refractivity contribution in [1.29, 1.82) is 0 Å². The van der Waals surface area contributed by atoms with E-state index in [1.807, 2.05) is 18.2 Å². The average molecular weight is 387 g/mol. The molecule has 1 heterocycles. The molecule has 4 rings (SSSR count). The van der Waals surface area contributed by atoms with Crippen LogP contribution in [0.3, 0.4) is 0 Å². The molecule has 0 spiro atoms. The zero-order valence-corrected chi connectivity index (χ0v) is 15.2. The molecule has 0 radical (unpaired) electrons. The SMILES string of the molecule is O=C(Nc1ccccc1)Nc1ccc(C(=O)Nc2ccc3[nH]c(=O)[nH]c3c2)cc1. The number of aromatic nitrogens is 2. The fourth-order valence-electron chi connectivity index (χ4n) is 2.83. The van der Waals surface area contributed by atoms with Gasteiger partial charge in [-0.15, -0.1) is 0 Å². The van der Waals surface area contributed by atoms with Gasteiger partial charge in [0.25, 0.3) is 5.91 Å². The number of rotatable bonds is 4. The second kappa shape index (κ2) is 7.73. The Morgan fingerprint density at radius 3 is 2.00 bits per heavy atom. The van der Waals surface area contributed by atoms with Crippen molar-refractivity contribution in [2.24, 2.45) is 0 Å². The minimum atomic E-state index is -0.373. The van der Waals surface area contributed by atoms with Crippen LogP contribution in [0.4, 0.5) is 21.9 Å². The van der Waals surface area contributed by atoms with E-state index in [9.17, 15) is 14.4 Å². The lowest BCUT2D eigenvalue weighted by Gasteiger charge is -2.09. The van der Waals surface area contributed by atoms with Crippen LogP contribution in [-0.4, -0.2) is 21.9 Å². The molecule has 5 N–H and O–H groups in total. The van der Waals surface area contributed by atoms with Gasteiger partial charge in [0.2, 0.25) is 0 Å². The molecule has 0 aliphatic rings. The minimum absolute atomic E-state index is 0.303. The number of H-pyrrole nitrogens is 2. The monoisotopic (exact) mass is 387 g/mol. The number of carbonyl (C=O) groups is 2. The van der Waals surface area contributed by atoms with Gasteiger partial charge in [-0.25, -0.2) is 9.59 Å². The van der Waals surface area contributed by atoms with Gasteiger partial charge < -0.3 is 25.9 Å². The molecule has 0 aliphatic heterocycles. The van der Waals surface area contributed by atoms with Crippen molar-refractivity contribution >= 4 is 40.0 Å². The highest BCUT2D eigenvalue weighted by molar-refractivity contribution is 6.05. The van der Waals surface area contributed by atoms with Crippen LogP contribution in [0.1, 0.15) is 10.4 Å². The van der Waals surface area contributed by atoms with Crippen LogP contribution in [0.5, 0.6) is 0 Å². The molecule has 0 aliphatic carbocycles. The summed E-state index contributed by atoms with van der Waals surface area (Å²) in [4.78, 5) is 41.1. The lowest BCUT2D eigenvalue weighted by atomic mass is 10.2. The first-order chi connectivity index (χ1) is 14.1. The first kappa shape index (κ1) is 18.1. The molecule has 0 saturated heterocycles. The van der Waals surface area contributed by atoms with Gasteiger partial charge in [0.1, 0.15) is 0 Å². The Balaban J connectivity index is 1.39. The number of imidazole rings is 1. The van der Waals surface area contributed by atoms with E-state index in [-0.39, 0.29) is 17.6 Å². The normalized spacial score (nSPS) is 10.5. The molecule has 29 heavy (non-hydrogen) atoms. The number of anilines is 3. The zero-order chi connectivity index (χ0) is 20.2. The smallest absolute Gasteiger partial charge is 0.322 e. The van der Waals surface area contributed by atoms with Gasteiger partial charge >= 0.3 is 11.7 Å². The summed E-state index contributed by atoms with van der Waals surface area (Å²) >= 11 is 0. The molecule has 3 aromatic carbocycles. The molecule has 144 valence electrons. The van der Waals surface area contributed by atoms with Crippen molar-refractivity contribution in [3.8, 4) is 0 Å². The lowest BCUT2D eigenvalue weighted by molar-refractivity contribution is 0.102. The average Bonchev–Trinajstić information content (AvgIpc) is 3.08. The summed E-state index contributed by atoms with van der Waals surface area (Å²) in [6.07, 6.45) is 0. The van der Waals surface area contributed by atoms with E-state index in [0.717, 1.165) is 0 Å². The molecule has 8 heteroatoms. The number of urea groups is 1. The van der Waals surface area contributed by atoms with Crippen LogP contribution in [0, 0.1) is 0 Å². The van der Waals surface area contributed by atoms with Crippen molar-refractivity contribution in [2.75, 3.05) is 16.0 Å². The van der Waals surface area contributed by atoms with E-state index >= 15 is 0 Å². The molecule has 0 fully saturated rings. The number of benzene rings is 3. The fourth-order valence-corrected chi connectivity index (χ4v) is 2.83. The van der Waals surface area contributed by atoms with Gasteiger partial charge in [-0.3, -0.25) is 4.79 Å². The summed E-state index contributed by atoms with van der Waals surface area (Å²) in [5.74, 6) is -0.303. The van der Waals surface area contributed by atoms with Gasteiger partial charge in [-0.2, -0.15) is 0 Å². The van der Waals surface area contributed by atoms with E-state index < -0.39 is 0 Å². The number of fused-ring (bicyclic) bond motifs is 1. The maximum absolute atomic E-state index is 12.4. The summed E-state index contributed by atoms with van der Waals surface area (Å²) in [7, 11) is 0. The van der Waals surface area contributed by atoms with Gasteiger partial charge in [-0.05, 0) is 54.6 Å². The third-order valence-corrected chi connectivity index (χ3v) is 4.21. The molecule has 4 aromatic rings. The van der Waals surface area contributed by atoms with E-state index in [1.54, 1.807) is 54.6 Å². The summed E-state index contributed by atoms with van der Waals surface area (Å²) in [5, 5.41) is 8.21. The second-order valence-corrected chi connectivity index (χ2v) is 6.32. The Morgan fingerprint density at radius 1 is 0.655 bits per heavy atom. The van der Waals surface area contributed by atoms with E-state index in [2.05, 4.69) is 25.9 Å². The van der Waals surface area contributed by atoms with Crippen LogP contribution in [0.15, 0.2) is 77.6 Å². The highest BCUT2D eigenvalue weighted by Gasteiger charge is 2.08. The number of hydrogen-bond acceptors (Lipinski definition) is 3. The fraction of sp³-hybridized carbons (Fsp3) is 0. The van der Waals surface area contributed by atoms with E-state index in [4.69, 9.17) is 0 Å². The first-order valence-electron chi connectivity index (χ1n) is 8.83. The molecule has 3 amide bonds. The molecular weight excluding hydrogens is 370 g/mol. The van der Waals surface area contributed by atoms with Crippen molar-refractivity contribution in [3.63, 3.8) is 0 Å². The minimum Gasteiger partial charge on any atom is -0.322 e. The quantitative estimate of drug-likeness (QED) is 0.367. The Hall–Kier alpha value is -4.33. The summed E-state index contributed by atoms with van der Waals surface area (Å²) < 4.78 is 0. The van der Waals surface area contributed by atoms with Crippen LogP contribution in [0.25, 0.3) is 11.0 Å². The molecule has 0 bridgehead atoms. The number of hydrogen-bond donors (Lipinski definition) is 5. The van der Waals surface area contributed by atoms with Gasteiger partial charge in [0.05, 0.1) is 11.0 Å². The molecule has 0 saturated carbocycles. The van der Waals surface area contributed by atoms with Crippen LogP contribution in [0.2, 0.25) is 0 Å². The van der Waals surface area contributed by atoms with Crippen molar-refractivity contribution in [2.45, 2.75) is 0 Å². The summed E-state index contributed by atoms with van der Waals surface area (Å²) in [6, 6.07) is 20.3. The van der Waals surface area contributed by atoms with Crippen LogP contribution in [-0.2, 0) is 0 Å². The van der Waals surface area contributed by atoms with Crippen LogP contribution >= 0.6 is 0 Å². The third-order valence-electron chi connectivity index (χ3n) is 4.21. The Bertz CT molecular complexity index is 1230. The number of para-hydroxylation sites is 1. The standard InChI is InChI=1S/C21H17N5O3/c27-19(22-16-10-11-17-18(12-16)26-21(29)25-17)13-6-8-15(9-7-13)24-20(28)23-14-4-2-1-3-5-14/h1-12H,(H,22,27)(H2,23,24,28)(H2,25,26,29). The molecule has 0 unspecified atom stereocenters. The van der Waals surface area contributed by atoms with Crippen molar-refractivity contribution in [1.82, 2.24) is 9.97 Å².